The molecule has 1 heterocycles. The molecule has 0 aromatic rings. The lowest BCUT2D eigenvalue weighted by molar-refractivity contribution is 0.0109. The first-order chi connectivity index (χ1) is 6.86. The number of halogens is 1. The molecule has 0 unspecified atom stereocenters. The van der Waals surface area contributed by atoms with Crippen LogP contribution in [0.5, 0.6) is 0 Å². The van der Waals surface area contributed by atoms with Crippen LogP contribution in [0.3, 0.4) is 0 Å². The zero-order valence-electron chi connectivity index (χ0n) is 8.88. The van der Waals surface area contributed by atoms with Crippen molar-refractivity contribution in [2.45, 2.75) is 18.9 Å². The molecule has 3 nitrogen and oxygen atoms in total. The highest BCUT2D eigenvalue weighted by Gasteiger charge is 2.18. The fourth-order valence-corrected chi connectivity index (χ4v) is 1.92. The van der Waals surface area contributed by atoms with Gasteiger partial charge in [-0.15, -0.1) is 0 Å². The molecule has 0 saturated carbocycles. The van der Waals surface area contributed by atoms with Crippen LogP contribution in [0, 0.1) is 0 Å². The Balaban J connectivity index is 2.05. The van der Waals surface area contributed by atoms with Crippen LogP contribution in [-0.2, 0) is 9.47 Å². The van der Waals surface area contributed by atoms with Crippen molar-refractivity contribution in [3.63, 3.8) is 0 Å². The summed E-state index contributed by atoms with van der Waals surface area (Å²) < 4.78 is 10.7. The van der Waals surface area contributed by atoms with Gasteiger partial charge in [0.05, 0.1) is 19.3 Å². The highest BCUT2D eigenvalue weighted by Crippen LogP contribution is 2.13. The van der Waals surface area contributed by atoms with Crippen molar-refractivity contribution in [1.29, 1.82) is 0 Å². The lowest BCUT2D eigenvalue weighted by Crippen LogP contribution is -2.38. The third-order valence-electron chi connectivity index (χ3n) is 2.58. The molecular weight excluding hydrogens is 246 g/mol. The number of methoxy groups -OCH3 is 1. The van der Waals surface area contributed by atoms with Crippen LogP contribution in [0.25, 0.3) is 0 Å². The van der Waals surface area contributed by atoms with Gasteiger partial charge in [-0.05, 0) is 12.8 Å². The van der Waals surface area contributed by atoms with Crippen molar-refractivity contribution in [3.05, 3.63) is 0 Å². The van der Waals surface area contributed by atoms with Gasteiger partial charge >= 0.3 is 0 Å². The molecule has 0 aromatic carbocycles. The molecule has 1 fully saturated rings. The van der Waals surface area contributed by atoms with Crippen LogP contribution in [0.4, 0.5) is 0 Å². The van der Waals surface area contributed by atoms with Crippen LogP contribution in [0.2, 0.25) is 0 Å². The summed E-state index contributed by atoms with van der Waals surface area (Å²) in [7, 11) is 1.76. The second-order valence-electron chi connectivity index (χ2n) is 3.59. The minimum Gasteiger partial charge on any atom is -0.383 e. The topological polar surface area (TPSA) is 21.7 Å². The highest BCUT2D eigenvalue weighted by molar-refractivity contribution is 9.09. The molecule has 1 aliphatic heterocycles. The first kappa shape index (κ1) is 12.4. The van der Waals surface area contributed by atoms with E-state index in [2.05, 4.69) is 20.8 Å². The van der Waals surface area contributed by atoms with Crippen LogP contribution >= 0.6 is 15.9 Å². The number of piperidine rings is 1. The number of ether oxygens (including phenoxy) is 2. The molecule has 0 atom stereocenters. The zero-order chi connectivity index (χ0) is 10.2. The van der Waals surface area contributed by atoms with Crippen LogP contribution in [0.15, 0.2) is 0 Å². The summed E-state index contributed by atoms with van der Waals surface area (Å²) in [4.78, 5) is 2.44. The van der Waals surface area contributed by atoms with Gasteiger partial charge < -0.3 is 14.4 Å². The molecule has 1 aliphatic rings. The van der Waals surface area contributed by atoms with E-state index in [-0.39, 0.29) is 0 Å². The number of alkyl halides is 1. The molecule has 0 N–H and O–H groups in total. The molecule has 0 aliphatic carbocycles. The Morgan fingerprint density at radius 1 is 1.29 bits per heavy atom. The summed E-state index contributed by atoms with van der Waals surface area (Å²) >= 11 is 3.37. The quantitative estimate of drug-likeness (QED) is 0.680. The Kier molecular flexibility index (Phi) is 6.77. The van der Waals surface area contributed by atoms with Gasteiger partial charge in [-0.2, -0.15) is 0 Å². The first-order valence-electron chi connectivity index (χ1n) is 5.25. The van der Waals surface area contributed by atoms with Crippen molar-refractivity contribution in [2.24, 2.45) is 0 Å². The maximum atomic E-state index is 5.68. The molecule has 0 aromatic heterocycles. The van der Waals surface area contributed by atoms with Crippen LogP contribution in [0.1, 0.15) is 12.8 Å². The standard InChI is InChI=1S/C10H20BrNO2/c1-13-9-7-12-5-2-10(3-6-12)14-8-4-11/h10H,2-9H2,1H3. The minimum atomic E-state index is 0.478. The fraction of sp³-hybridized carbons (Fsp3) is 1.00. The lowest BCUT2D eigenvalue weighted by atomic mass is 10.1. The van der Waals surface area contributed by atoms with Gasteiger partial charge in [0.25, 0.3) is 0 Å². The van der Waals surface area contributed by atoms with Crippen molar-refractivity contribution in [3.8, 4) is 0 Å². The summed E-state index contributed by atoms with van der Waals surface area (Å²) in [6.45, 7) is 5.03. The predicted molar refractivity (Wildman–Crippen MR) is 61.1 cm³/mol. The van der Waals surface area contributed by atoms with Crippen LogP contribution < -0.4 is 0 Å². The van der Waals surface area contributed by atoms with E-state index in [1.165, 1.54) is 0 Å². The SMILES string of the molecule is COCCN1CCC(OCCBr)CC1. The monoisotopic (exact) mass is 265 g/mol. The van der Waals surface area contributed by atoms with Crippen molar-refractivity contribution in [2.75, 3.05) is 45.3 Å². The van der Waals surface area contributed by atoms with Gasteiger partial charge in [-0.1, -0.05) is 15.9 Å². The minimum absolute atomic E-state index is 0.478. The van der Waals surface area contributed by atoms with E-state index in [1.54, 1.807) is 7.11 Å². The van der Waals surface area contributed by atoms with Crippen LogP contribution in [-0.4, -0.2) is 56.3 Å². The van der Waals surface area contributed by atoms with E-state index < -0.39 is 0 Å². The first-order valence-corrected chi connectivity index (χ1v) is 6.38. The number of hydrogen-bond donors (Lipinski definition) is 0. The molecule has 0 amide bonds. The van der Waals surface area contributed by atoms with Gasteiger partial charge in [0, 0.05) is 32.1 Å². The third-order valence-corrected chi connectivity index (χ3v) is 2.90. The Bertz CT molecular complexity index is 122. The smallest absolute Gasteiger partial charge is 0.0599 e. The summed E-state index contributed by atoms with van der Waals surface area (Å²) in [5.41, 5.74) is 0. The number of hydrogen-bond acceptors (Lipinski definition) is 3. The maximum Gasteiger partial charge on any atom is 0.0599 e. The maximum absolute atomic E-state index is 5.68. The molecule has 14 heavy (non-hydrogen) atoms. The normalized spacial score (nSPS) is 20.1. The van der Waals surface area contributed by atoms with Crippen molar-refractivity contribution in [1.82, 2.24) is 4.90 Å². The molecule has 0 spiro atoms. The van der Waals surface area contributed by atoms with E-state index >= 15 is 0 Å². The lowest BCUT2D eigenvalue weighted by Gasteiger charge is -2.31. The molecule has 0 radical (unpaired) electrons. The van der Waals surface area contributed by atoms with Gasteiger partial charge in [0.2, 0.25) is 0 Å². The molecule has 4 heteroatoms. The molecular formula is C10H20BrNO2. The van der Waals surface area contributed by atoms with Gasteiger partial charge in [0.1, 0.15) is 0 Å². The van der Waals surface area contributed by atoms with E-state index in [9.17, 15) is 0 Å². The summed E-state index contributed by atoms with van der Waals surface area (Å²) in [6, 6.07) is 0. The Hall–Kier alpha value is 0.360. The second kappa shape index (κ2) is 7.63. The van der Waals surface area contributed by atoms with Gasteiger partial charge in [-0.25, -0.2) is 0 Å². The Morgan fingerprint density at radius 3 is 2.57 bits per heavy atom. The molecule has 0 bridgehead atoms. The van der Waals surface area contributed by atoms with E-state index in [0.29, 0.717) is 6.10 Å². The highest BCUT2D eigenvalue weighted by atomic mass is 79.9. The molecule has 1 saturated heterocycles. The van der Waals surface area contributed by atoms with Crippen molar-refractivity contribution >= 4 is 15.9 Å². The van der Waals surface area contributed by atoms with Gasteiger partial charge in [0.15, 0.2) is 0 Å². The molecule has 1 rings (SSSR count). The van der Waals surface area contributed by atoms with E-state index in [4.69, 9.17) is 9.47 Å². The number of likely N-dealkylation sites (tertiary alicyclic amines) is 1. The Morgan fingerprint density at radius 2 is 2.00 bits per heavy atom. The zero-order valence-corrected chi connectivity index (χ0v) is 10.5. The van der Waals surface area contributed by atoms with Crippen molar-refractivity contribution < 1.29 is 9.47 Å². The fourth-order valence-electron chi connectivity index (χ4n) is 1.73. The summed E-state index contributed by atoms with van der Waals surface area (Å²) in [5, 5.41) is 0.941. The molecule has 84 valence electrons. The second-order valence-corrected chi connectivity index (χ2v) is 4.39. The largest absolute Gasteiger partial charge is 0.383 e. The third kappa shape index (κ3) is 4.73. The van der Waals surface area contributed by atoms with E-state index in [1.807, 2.05) is 0 Å². The number of rotatable bonds is 6. The average molecular weight is 266 g/mol. The van der Waals surface area contributed by atoms with Gasteiger partial charge in [-0.3, -0.25) is 0 Å². The Labute approximate surface area is 94.9 Å². The predicted octanol–water partition coefficient (Wildman–Crippen LogP) is 1.51. The van der Waals surface area contributed by atoms with E-state index in [0.717, 1.165) is 51.0 Å². The summed E-state index contributed by atoms with van der Waals surface area (Å²) in [5.74, 6) is 0. The summed E-state index contributed by atoms with van der Waals surface area (Å²) in [6.07, 6.45) is 2.80. The average Bonchev–Trinajstić information content (AvgIpc) is 2.25. The number of nitrogens with zero attached hydrogens (tertiary/aromatic N) is 1.